The molecule has 2 aliphatic rings. The quantitative estimate of drug-likeness (QED) is 0.868. The van der Waals surface area contributed by atoms with E-state index in [4.69, 9.17) is 0 Å². The van der Waals surface area contributed by atoms with E-state index in [1.807, 2.05) is 0 Å². The first-order chi connectivity index (χ1) is 8.70. The van der Waals surface area contributed by atoms with Crippen molar-refractivity contribution in [3.63, 3.8) is 0 Å². The molecule has 2 bridgehead atoms. The van der Waals surface area contributed by atoms with Gasteiger partial charge in [-0.3, -0.25) is 4.90 Å². The molecule has 1 aromatic rings. The molecule has 3 rings (SSSR count). The predicted octanol–water partition coefficient (Wildman–Crippen LogP) is 2.29. The van der Waals surface area contributed by atoms with Crippen molar-refractivity contribution in [3.8, 4) is 0 Å². The Morgan fingerprint density at radius 2 is 2.00 bits per heavy atom. The first-order valence-corrected chi connectivity index (χ1v) is 6.63. The van der Waals surface area contributed by atoms with Crippen LogP contribution in [-0.4, -0.2) is 30.1 Å². The van der Waals surface area contributed by atoms with Crippen molar-refractivity contribution in [3.05, 3.63) is 35.4 Å². The third-order valence-corrected chi connectivity index (χ3v) is 4.02. The minimum atomic E-state index is -0.507. The van der Waals surface area contributed by atoms with Crippen molar-refractivity contribution in [2.24, 2.45) is 0 Å². The molecule has 0 amide bonds. The van der Waals surface area contributed by atoms with Gasteiger partial charge in [0.25, 0.3) is 0 Å². The second-order valence-corrected chi connectivity index (χ2v) is 5.40. The molecule has 2 heterocycles. The lowest BCUT2D eigenvalue weighted by Crippen LogP contribution is -2.35. The van der Waals surface area contributed by atoms with Crippen LogP contribution in [0.15, 0.2) is 18.2 Å². The molecule has 1 N–H and O–H groups in total. The first kappa shape index (κ1) is 12.1. The van der Waals surface area contributed by atoms with E-state index in [0.717, 1.165) is 25.6 Å². The highest BCUT2D eigenvalue weighted by molar-refractivity contribution is 5.18. The molecule has 0 radical (unpaired) electrons. The summed E-state index contributed by atoms with van der Waals surface area (Å²) in [4.78, 5) is 2.27. The molecular formula is C14H18F2N2. The second kappa shape index (κ2) is 4.94. The molecule has 2 saturated heterocycles. The molecule has 2 atom stereocenters. The molecule has 2 fully saturated rings. The minimum Gasteiger partial charge on any atom is -0.310 e. The fourth-order valence-electron chi connectivity index (χ4n) is 3.05. The molecule has 1 aromatic carbocycles. The second-order valence-electron chi connectivity index (χ2n) is 5.40. The maximum Gasteiger partial charge on any atom is 0.130 e. The third kappa shape index (κ3) is 2.54. The van der Waals surface area contributed by atoms with E-state index >= 15 is 0 Å². The van der Waals surface area contributed by atoms with Gasteiger partial charge in [0.05, 0.1) is 0 Å². The number of fused-ring (bicyclic) bond motifs is 2. The minimum absolute atomic E-state index is 0.433. The van der Waals surface area contributed by atoms with E-state index in [0.29, 0.717) is 24.2 Å². The van der Waals surface area contributed by atoms with Crippen LogP contribution in [0.3, 0.4) is 0 Å². The zero-order chi connectivity index (χ0) is 12.5. The van der Waals surface area contributed by atoms with Crippen molar-refractivity contribution >= 4 is 0 Å². The summed E-state index contributed by atoms with van der Waals surface area (Å²) in [5.74, 6) is -0.940. The summed E-state index contributed by atoms with van der Waals surface area (Å²) >= 11 is 0. The highest BCUT2D eigenvalue weighted by Gasteiger charge is 2.29. The molecule has 18 heavy (non-hydrogen) atoms. The molecule has 2 nitrogen and oxygen atoms in total. The van der Waals surface area contributed by atoms with Gasteiger partial charge in [0.2, 0.25) is 0 Å². The lowest BCUT2D eigenvalue weighted by atomic mass is 10.1. The van der Waals surface area contributed by atoms with Crippen molar-refractivity contribution < 1.29 is 8.78 Å². The van der Waals surface area contributed by atoms with Gasteiger partial charge in [-0.05, 0) is 25.3 Å². The summed E-state index contributed by atoms with van der Waals surface area (Å²) in [5, 5.41) is 3.60. The van der Waals surface area contributed by atoms with Gasteiger partial charge >= 0.3 is 0 Å². The molecule has 0 spiro atoms. The van der Waals surface area contributed by atoms with Gasteiger partial charge in [-0.25, -0.2) is 8.78 Å². The summed E-state index contributed by atoms with van der Waals surface area (Å²) in [7, 11) is 0. The van der Waals surface area contributed by atoms with E-state index in [1.165, 1.54) is 18.9 Å². The van der Waals surface area contributed by atoms with E-state index in [9.17, 15) is 8.78 Å². The largest absolute Gasteiger partial charge is 0.310 e. The Balaban J connectivity index is 1.68. The molecule has 98 valence electrons. The van der Waals surface area contributed by atoms with Gasteiger partial charge in [0, 0.05) is 43.3 Å². The highest BCUT2D eigenvalue weighted by Crippen LogP contribution is 2.22. The lowest BCUT2D eigenvalue weighted by molar-refractivity contribution is 0.247. The fourth-order valence-corrected chi connectivity index (χ4v) is 3.05. The number of benzene rings is 1. The van der Waals surface area contributed by atoms with Crippen LogP contribution < -0.4 is 5.32 Å². The van der Waals surface area contributed by atoms with Crippen molar-refractivity contribution in [1.29, 1.82) is 0 Å². The summed E-state index contributed by atoms with van der Waals surface area (Å²) in [5.41, 5.74) is 0.592. The van der Waals surface area contributed by atoms with Gasteiger partial charge < -0.3 is 5.32 Å². The van der Waals surface area contributed by atoms with Gasteiger partial charge in [-0.1, -0.05) is 6.07 Å². The monoisotopic (exact) mass is 252 g/mol. The van der Waals surface area contributed by atoms with Gasteiger partial charge in [-0.15, -0.1) is 0 Å². The van der Waals surface area contributed by atoms with Crippen LogP contribution >= 0.6 is 0 Å². The van der Waals surface area contributed by atoms with Crippen LogP contribution in [0, 0.1) is 11.6 Å². The number of hydrogen-bond acceptors (Lipinski definition) is 2. The van der Waals surface area contributed by atoms with E-state index in [2.05, 4.69) is 10.2 Å². The zero-order valence-electron chi connectivity index (χ0n) is 10.3. The first-order valence-electron chi connectivity index (χ1n) is 6.63. The van der Waals surface area contributed by atoms with E-state index in [-0.39, 0.29) is 0 Å². The number of likely N-dealkylation sites (tertiary alicyclic amines) is 1. The third-order valence-electron chi connectivity index (χ3n) is 4.02. The standard InChI is InChI=1S/C14H18F2N2/c15-11-2-1-10(14(16)7-11)8-18-6-5-12-3-4-13(9-18)17-12/h1-2,7,12-13,17H,3-6,8-9H2. The van der Waals surface area contributed by atoms with Gasteiger partial charge in [0.1, 0.15) is 11.6 Å². The Kier molecular flexibility index (Phi) is 3.31. The Hall–Kier alpha value is -1.00. The van der Waals surface area contributed by atoms with Gasteiger partial charge in [0.15, 0.2) is 0 Å². The summed E-state index contributed by atoms with van der Waals surface area (Å²) in [6.45, 7) is 2.54. The topological polar surface area (TPSA) is 15.3 Å². The molecule has 4 heteroatoms. The number of nitrogens with zero attached hydrogens (tertiary/aromatic N) is 1. The van der Waals surface area contributed by atoms with Crippen LogP contribution in [0.25, 0.3) is 0 Å². The predicted molar refractivity (Wildman–Crippen MR) is 66.2 cm³/mol. The number of hydrogen-bond donors (Lipinski definition) is 1. The molecule has 0 aliphatic carbocycles. The Labute approximate surface area is 106 Å². The molecule has 2 aliphatic heterocycles. The number of rotatable bonds is 2. The Morgan fingerprint density at radius 1 is 1.17 bits per heavy atom. The average Bonchev–Trinajstić information content (AvgIpc) is 2.66. The maximum atomic E-state index is 13.6. The van der Waals surface area contributed by atoms with Crippen molar-refractivity contribution in [2.45, 2.75) is 37.9 Å². The normalized spacial score (nSPS) is 28.3. The van der Waals surface area contributed by atoms with Crippen LogP contribution in [0.5, 0.6) is 0 Å². The zero-order valence-corrected chi connectivity index (χ0v) is 10.3. The number of halogens is 2. The highest BCUT2D eigenvalue weighted by atomic mass is 19.1. The smallest absolute Gasteiger partial charge is 0.130 e. The molecule has 0 saturated carbocycles. The average molecular weight is 252 g/mol. The number of nitrogens with one attached hydrogen (secondary N) is 1. The van der Waals surface area contributed by atoms with E-state index < -0.39 is 11.6 Å². The van der Waals surface area contributed by atoms with Gasteiger partial charge in [-0.2, -0.15) is 0 Å². The molecule has 2 unspecified atom stereocenters. The van der Waals surface area contributed by atoms with Crippen molar-refractivity contribution in [1.82, 2.24) is 10.2 Å². The Bertz CT molecular complexity index is 436. The van der Waals surface area contributed by atoms with Crippen LogP contribution in [0.2, 0.25) is 0 Å². The van der Waals surface area contributed by atoms with Crippen LogP contribution in [0.1, 0.15) is 24.8 Å². The summed E-state index contributed by atoms with van der Waals surface area (Å²) < 4.78 is 26.5. The maximum absolute atomic E-state index is 13.6. The lowest BCUT2D eigenvalue weighted by Gasteiger charge is -2.24. The van der Waals surface area contributed by atoms with Crippen LogP contribution in [-0.2, 0) is 6.54 Å². The SMILES string of the molecule is Fc1ccc(CN2CCC3CCC(C2)N3)c(F)c1. The summed E-state index contributed by atoms with van der Waals surface area (Å²) in [6.07, 6.45) is 3.61. The van der Waals surface area contributed by atoms with E-state index in [1.54, 1.807) is 6.07 Å². The fraction of sp³-hybridized carbons (Fsp3) is 0.571. The Morgan fingerprint density at radius 3 is 2.83 bits per heavy atom. The van der Waals surface area contributed by atoms with Crippen LogP contribution in [0.4, 0.5) is 8.78 Å². The van der Waals surface area contributed by atoms with Crippen molar-refractivity contribution in [2.75, 3.05) is 13.1 Å². The summed E-state index contributed by atoms with van der Waals surface area (Å²) in [6, 6.07) is 5.04. The molecule has 0 aromatic heterocycles. The molecular weight excluding hydrogens is 234 g/mol.